The summed E-state index contributed by atoms with van der Waals surface area (Å²) in [7, 11) is 0. The van der Waals surface area contributed by atoms with Gasteiger partial charge in [0.25, 0.3) is 0 Å². The Labute approximate surface area is 95.5 Å². The van der Waals surface area contributed by atoms with E-state index in [1.54, 1.807) is 0 Å². The molecule has 0 saturated carbocycles. The van der Waals surface area contributed by atoms with Gasteiger partial charge in [-0.2, -0.15) is 0 Å². The van der Waals surface area contributed by atoms with Crippen molar-refractivity contribution in [2.75, 3.05) is 26.2 Å². The highest BCUT2D eigenvalue weighted by molar-refractivity contribution is 4.54. The third kappa shape index (κ3) is 5.18. The molecule has 0 bridgehead atoms. The fourth-order valence-electron chi connectivity index (χ4n) is 2.71. The molecular weight excluding hydrogens is 184 g/mol. The van der Waals surface area contributed by atoms with Crippen LogP contribution in [0.1, 0.15) is 52.4 Å². The van der Waals surface area contributed by atoms with Gasteiger partial charge >= 0.3 is 0 Å². The van der Waals surface area contributed by atoms with E-state index in [2.05, 4.69) is 13.8 Å². The lowest BCUT2D eigenvalue weighted by Gasteiger charge is -2.41. The summed E-state index contributed by atoms with van der Waals surface area (Å²) < 4.78 is 1.45. The smallest absolute Gasteiger partial charge is 0.0786 e. The number of piperidine rings is 1. The number of unbranched alkanes of at least 4 members (excludes halogenated alkanes) is 1. The summed E-state index contributed by atoms with van der Waals surface area (Å²) in [5.74, 6) is 0. The van der Waals surface area contributed by atoms with Gasteiger partial charge in [0.2, 0.25) is 0 Å². The Hall–Kier alpha value is -0.550. The Morgan fingerprint density at radius 3 is 2.00 bits per heavy atom. The van der Waals surface area contributed by atoms with Crippen LogP contribution < -0.4 is 0 Å². The van der Waals surface area contributed by atoms with Gasteiger partial charge in [-0.15, -0.1) is 0 Å². The molecule has 1 rings (SSSR count). The van der Waals surface area contributed by atoms with Crippen molar-refractivity contribution in [2.24, 2.45) is 0 Å². The van der Waals surface area contributed by atoms with E-state index >= 15 is 0 Å². The van der Waals surface area contributed by atoms with Crippen LogP contribution in [-0.2, 0) is 0 Å². The van der Waals surface area contributed by atoms with Crippen LogP contribution in [0.5, 0.6) is 0 Å². The molecule has 1 saturated heterocycles. The van der Waals surface area contributed by atoms with Crippen molar-refractivity contribution in [2.45, 2.75) is 52.4 Å². The van der Waals surface area contributed by atoms with E-state index in [1.807, 2.05) is 0 Å². The van der Waals surface area contributed by atoms with Crippen LogP contribution in [0.15, 0.2) is 0 Å². The van der Waals surface area contributed by atoms with Crippen LogP contribution in [0, 0.1) is 11.8 Å². The summed E-state index contributed by atoms with van der Waals surface area (Å²) in [4.78, 5) is 0. The van der Waals surface area contributed by atoms with Gasteiger partial charge in [0.1, 0.15) is 0 Å². The van der Waals surface area contributed by atoms with Gasteiger partial charge in [-0.1, -0.05) is 20.3 Å². The van der Waals surface area contributed by atoms with Crippen LogP contribution in [0.3, 0.4) is 0 Å². The van der Waals surface area contributed by atoms with Crippen LogP contribution in [-0.4, -0.2) is 30.7 Å². The Morgan fingerprint density at radius 1 is 0.933 bits per heavy atom. The van der Waals surface area contributed by atoms with Crippen LogP contribution in [0.25, 0.3) is 0 Å². The minimum absolute atomic E-state index is 1.36. The van der Waals surface area contributed by atoms with E-state index in [-0.39, 0.29) is 0 Å². The van der Waals surface area contributed by atoms with Crippen LogP contribution >= 0.6 is 0 Å². The zero-order valence-corrected chi connectivity index (χ0v) is 10.5. The lowest BCUT2D eigenvalue weighted by atomic mass is 10.1. The Bertz CT molecular complexity index is 152. The molecule has 1 fully saturated rings. The fraction of sp³-hybridized carbons (Fsp3) is 0.923. The van der Waals surface area contributed by atoms with E-state index in [0.29, 0.717) is 0 Å². The second kappa shape index (κ2) is 8.73. The summed E-state index contributed by atoms with van der Waals surface area (Å²) >= 11 is 0. The predicted octanol–water partition coefficient (Wildman–Crippen LogP) is 3.29. The molecule has 0 spiro atoms. The molecule has 0 N–H and O–H groups in total. The topological polar surface area (TPSA) is 23.8 Å². The molecule has 1 aliphatic heterocycles. The second-order valence-electron chi connectivity index (χ2n) is 4.65. The molecule has 15 heavy (non-hydrogen) atoms. The number of nitrogens with zero attached hydrogens (tertiary/aromatic N) is 2. The standard InChI is InChI=1S/C12H26N.CN/c1-3-5-10-13(9-4-2)11-7-6-8-12-13;1-2/h3-12H2,1-2H3;/q+1;-1. The van der Waals surface area contributed by atoms with Crippen LogP contribution in [0.2, 0.25) is 0 Å². The summed E-state index contributed by atoms with van der Waals surface area (Å²) in [6, 6.07) is 0. The number of likely N-dealkylation sites (tertiary alicyclic amines) is 1. The average molecular weight is 210 g/mol. The SMILES string of the molecule is CCCC[N+]1(CCC)CCCCC1.[C-]#N. The first kappa shape index (κ1) is 14.5. The molecule has 1 aliphatic rings. The minimum Gasteiger partial charge on any atom is -0.512 e. The van der Waals surface area contributed by atoms with Gasteiger partial charge in [0.15, 0.2) is 0 Å². The highest BCUT2D eigenvalue weighted by Crippen LogP contribution is 2.20. The molecule has 0 aromatic heterocycles. The molecule has 2 heteroatoms. The van der Waals surface area contributed by atoms with Crippen molar-refractivity contribution in [1.82, 2.24) is 0 Å². The average Bonchev–Trinajstić information content (AvgIpc) is 2.31. The first-order valence-electron chi connectivity index (χ1n) is 6.40. The Kier molecular flexibility index (Phi) is 8.41. The van der Waals surface area contributed by atoms with E-state index in [4.69, 9.17) is 11.8 Å². The second-order valence-corrected chi connectivity index (χ2v) is 4.65. The molecule has 88 valence electrons. The zero-order chi connectivity index (χ0) is 11.6. The van der Waals surface area contributed by atoms with Gasteiger partial charge in [-0.05, 0) is 32.1 Å². The van der Waals surface area contributed by atoms with Gasteiger partial charge in [-0.25, -0.2) is 0 Å². The van der Waals surface area contributed by atoms with E-state index in [1.165, 1.54) is 69.2 Å². The largest absolute Gasteiger partial charge is 0.512 e. The van der Waals surface area contributed by atoms with Crippen molar-refractivity contribution in [3.8, 4) is 0 Å². The third-order valence-corrected chi connectivity index (χ3v) is 3.45. The van der Waals surface area contributed by atoms with Crippen molar-refractivity contribution >= 4 is 0 Å². The minimum atomic E-state index is 1.36. The molecule has 0 aromatic rings. The number of rotatable bonds is 5. The lowest BCUT2D eigenvalue weighted by Crippen LogP contribution is -2.52. The number of hydrogen-bond acceptors (Lipinski definition) is 1. The van der Waals surface area contributed by atoms with E-state index in [0.717, 1.165) is 0 Å². The zero-order valence-electron chi connectivity index (χ0n) is 10.5. The maximum atomic E-state index is 6.25. The maximum absolute atomic E-state index is 6.25. The van der Waals surface area contributed by atoms with Gasteiger partial charge < -0.3 is 16.3 Å². The summed E-state index contributed by atoms with van der Waals surface area (Å²) in [6.07, 6.45) is 8.59. The molecule has 0 unspecified atom stereocenters. The normalized spacial score (nSPS) is 18.9. The first-order valence-corrected chi connectivity index (χ1v) is 6.40. The highest BCUT2D eigenvalue weighted by atomic mass is 15.3. The third-order valence-electron chi connectivity index (χ3n) is 3.45. The van der Waals surface area contributed by atoms with Crippen molar-refractivity contribution in [1.29, 1.82) is 5.26 Å². The number of quaternary nitrogens is 1. The number of hydrogen-bond donors (Lipinski definition) is 0. The lowest BCUT2D eigenvalue weighted by molar-refractivity contribution is -0.932. The first-order chi connectivity index (χ1) is 7.33. The fourth-order valence-corrected chi connectivity index (χ4v) is 2.71. The monoisotopic (exact) mass is 210 g/mol. The summed E-state index contributed by atoms with van der Waals surface area (Å²) in [5, 5.41) is 6.25. The summed E-state index contributed by atoms with van der Waals surface area (Å²) in [5.41, 5.74) is 0. The maximum Gasteiger partial charge on any atom is 0.0786 e. The van der Waals surface area contributed by atoms with Crippen molar-refractivity contribution in [3.05, 3.63) is 6.57 Å². The molecule has 0 atom stereocenters. The van der Waals surface area contributed by atoms with E-state index in [9.17, 15) is 0 Å². The van der Waals surface area contributed by atoms with Gasteiger partial charge in [-0.3, -0.25) is 0 Å². The van der Waals surface area contributed by atoms with Gasteiger partial charge in [0.05, 0.1) is 26.2 Å². The predicted molar refractivity (Wildman–Crippen MR) is 63.7 cm³/mol. The quantitative estimate of drug-likeness (QED) is 0.504. The molecular formula is C13H26N2. The molecule has 0 aliphatic carbocycles. The summed E-state index contributed by atoms with van der Waals surface area (Å²) in [6.45, 7) is 15.2. The molecule has 0 aromatic carbocycles. The highest BCUT2D eigenvalue weighted by Gasteiger charge is 2.27. The molecule has 0 amide bonds. The van der Waals surface area contributed by atoms with Crippen molar-refractivity contribution < 1.29 is 4.48 Å². The van der Waals surface area contributed by atoms with E-state index < -0.39 is 0 Å². The molecule has 0 radical (unpaired) electrons. The molecule has 2 nitrogen and oxygen atoms in total. The Morgan fingerprint density at radius 2 is 1.53 bits per heavy atom. The Balaban J connectivity index is 0.000000921. The van der Waals surface area contributed by atoms with Gasteiger partial charge in [0, 0.05) is 0 Å². The molecule has 1 heterocycles. The van der Waals surface area contributed by atoms with Crippen LogP contribution in [0.4, 0.5) is 0 Å². The van der Waals surface area contributed by atoms with Crippen molar-refractivity contribution in [3.63, 3.8) is 0 Å².